The minimum atomic E-state index is -0.170. The summed E-state index contributed by atoms with van der Waals surface area (Å²) in [4.78, 5) is 18.6. The number of methoxy groups -OCH3 is 1. The minimum Gasteiger partial charge on any atom is -0.495 e. The number of benzene rings is 1. The molecule has 0 spiro atoms. The van der Waals surface area contributed by atoms with Crippen LogP contribution >= 0.6 is 12.2 Å². The molecular formula is C26H29N5O3S. The number of thiocarbonyl (C=S) groups is 1. The van der Waals surface area contributed by atoms with Gasteiger partial charge >= 0.3 is 0 Å². The van der Waals surface area contributed by atoms with Crippen molar-refractivity contribution in [1.82, 2.24) is 14.9 Å². The van der Waals surface area contributed by atoms with E-state index in [1.165, 1.54) is 6.92 Å². The van der Waals surface area contributed by atoms with Gasteiger partial charge in [-0.05, 0) is 67.5 Å². The maximum atomic E-state index is 11.8. The molecular weight excluding hydrogens is 462 g/mol. The summed E-state index contributed by atoms with van der Waals surface area (Å²) < 4.78 is 13.6. The van der Waals surface area contributed by atoms with E-state index >= 15 is 0 Å². The van der Waals surface area contributed by atoms with Crippen molar-refractivity contribution in [1.29, 1.82) is 0 Å². The molecule has 3 atom stereocenters. The first-order chi connectivity index (χ1) is 17.0. The van der Waals surface area contributed by atoms with Gasteiger partial charge in [0.15, 0.2) is 5.11 Å². The first-order valence-electron chi connectivity index (χ1n) is 11.8. The SMILES string of the molecule is COc1ccc(N2C(=S)N[C@H](c3ccccn3)[C@@H]2c2cccn2C[C@@H]2CCCO2)cc1NC(C)=O. The van der Waals surface area contributed by atoms with E-state index in [0.29, 0.717) is 16.5 Å². The van der Waals surface area contributed by atoms with Crippen molar-refractivity contribution in [2.45, 2.75) is 44.5 Å². The number of nitrogens with one attached hydrogen (secondary N) is 2. The van der Waals surface area contributed by atoms with E-state index in [1.807, 2.05) is 36.4 Å². The molecule has 0 unspecified atom stereocenters. The van der Waals surface area contributed by atoms with Crippen LogP contribution in [0.2, 0.25) is 0 Å². The van der Waals surface area contributed by atoms with Crippen LogP contribution in [0.1, 0.15) is 43.2 Å². The average molecular weight is 492 g/mol. The highest BCUT2D eigenvalue weighted by atomic mass is 32.1. The Balaban J connectivity index is 1.58. The van der Waals surface area contributed by atoms with Crippen molar-refractivity contribution in [2.75, 3.05) is 23.9 Å². The molecule has 1 amide bonds. The maximum absolute atomic E-state index is 11.8. The first kappa shape index (κ1) is 23.3. The molecule has 182 valence electrons. The zero-order valence-electron chi connectivity index (χ0n) is 19.8. The van der Waals surface area contributed by atoms with Crippen LogP contribution in [0.15, 0.2) is 60.9 Å². The highest BCUT2D eigenvalue weighted by Gasteiger charge is 2.42. The summed E-state index contributed by atoms with van der Waals surface area (Å²) in [6, 6.07) is 15.5. The Bertz CT molecular complexity index is 1210. The second-order valence-electron chi connectivity index (χ2n) is 8.78. The van der Waals surface area contributed by atoms with Gasteiger partial charge in [0, 0.05) is 43.9 Å². The Morgan fingerprint density at radius 3 is 2.89 bits per heavy atom. The summed E-state index contributed by atoms with van der Waals surface area (Å²) in [5.74, 6) is 0.414. The molecule has 0 bridgehead atoms. The standard InChI is InChI=1S/C26H29N5O3S/c1-17(32)28-21-15-18(10-11-23(21)33-2)31-25(24(29-26(31)35)20-8-3-4-12-27-20)22-9-5-13-30(22)16-19-7-6-14-34-19/h3-5,8-13,15,19,24-25H,6-7,14,16H2,1-2H3,(H,28,32)(H,29,35)/t19-,24+,25-/m0/s1. The van der Waals surface area contributed by atoms with Gasteiger partial charge < -0.3 is 29.6 Å². The van der Waals surface area contributed by atoms with Crippen LogP contribution in [0.3, 0.4) is 0 Å². The number of ether oxygens (including phenoxy) is 2. The molecule has 5 rings (SSSR count). The fourth-order valence-corrected chi connectivity index (χ4v) is 5.28. The predicted octanol–water partition coefficient (Wildman–Crippen LogP) is 4.21. The van der Waals surface area contributed by atoms with Gasteiger partial charge in [-0.2, -0.15) is 0 Å². The van der Waals surface area contributed by atoms with Crippen LogP contribution in [0.25, 0.3) is 0 Å². The number of amides is 1. The van der Waals surface area contributed by atoms with Gasteiger partial charge in [0.2, 0.25) is 5.91 Å². The zero-order valence-corrected chi connectivity index (χ0v) is 20.6. The van der Waals surface area contributed by atoms with E-state index < -0.39 is 0 Å². The van der Waals surface area contributed by atoms with Crippen LogP contribution < -0.4 is 20.3 Å². The quantitative estimate of drug-likeness (QED) is 0.480. The number of anilines is 2. The molecule has 4 heterocycles. The summed E-state index contributed by atoms with van der Waals surface area (Å²) in [6.07, 6.45) is 6.26. The Hall–Kier alpha value is -3.43. The van der Waals surface area contributed by atoms with Crippen LogP contribution in [-0.2, 0) is 16.1 Å². The maximum Gasteiger partial charge on any atom is 0.221 e. The summed E-state index contributed by atoms with van der Waals surface area (Å²) in [6.45, 7) is 3.08. The summed E-state index contributed by atoms with van der Waals surface area (Å²) >= 11 is 5.86. The van der Waals surface area contributed by atoms with Crippen molar-refractivity contribution in [2.24, 2.45) is 0 Å². The molecule has 9 heteroatoms. The lowest BCUT2D eigenvalue weighted by Gasteiger charge is -2.30. The van der Waals surface area contributed by atoms with Crippen molar-refractivity contribution in [3.8, 4) is 5.75 Å². The summed E-state index contributed by atoms with van der Waals surface area (Å²) in [5, 5.41) is 6.96. The normalized spacial score (nSPS) is 21.7. The van der Waals surface area contributed by atoms with E-state index in [2.05, 4.69) is 43.4 Å². The topological polar surface area (TPSA) is 80.7 Å². The Morgan fingerprint density at radius 1 is 1.29 bits per heavy atom. The second kappa shape index (κ2) is 10.1. The molecule has 8 nitrogen and oxygen atoms in total. The third-order valence-corrected chi connectivity index (χ3v) is 6.78. The lowest BCUT2D eigenvalue weighted by Crippen LogP contribution is -2.31. The minimum absolute atomic E-state index is 0.159. The number of hydrogen-bond donors (Lipinski definition) is 2. The van der Waals surface area contributed by atoms with Crippen molar-refractivity contribution >= 4 is 34.6 Å². The molecule has 3 aromatic rings. The molecule has 1 aromatic carbocycles. The molecule has 0 saturated carbocycles. The number of hydrogen-bond acceptors (Lipinski definition) is 5. The van der Waals surface area contributed by atoms with E-state index in [0.717, 1.165) is 43.1 Å². The van der Waals surface area contributed by atoms with Crippen LogP contribution in [-0.4, -0.2) is 40.4 Å². The van der Waals surface area contributed by atoms with E-state index in [4.69, 9.17) is 21.7 Å². The van der Waals surface area contributed by atoms with Crippen molar-refractivity contribution < 1.29 is 14.3 Å². The number of carbonyl (C=O) groups excluding carboxylic acids is 1. The zero-order chi connectivity index (χ0) is 24.4. The van der Waals surface area contributed by atoms with Crippen molar-refractivity contribution in [3.63, 3.8) is 0 Å². The monoisotopic (exact) mass is 491 g/mol. The summed E-state index contributed by atoms with van der Waals surface area (Å²) in [7, 11) is 1.58. The van der Waals surface area contributed by atoms with Gasteiger partial charge in [0.05, 0.1) is 30.6 Å². The molecule has 2 aliphatic heterocycles. The Labute approximate surface area is 210 Å². The second-order valence-corrected chi connectivity index (χ2v) is 9.17. The average Bonchev–Trinajstić information content (AvgIpc) is 3.60. The largest absolute Gasteiger partial charge is 0.495 e. The molecule has 2 fully saturated rings. The lowest BCUT2D eigenvalue weighted by molar-refractivity contribution is -0.114. The molecule has 2 aliphatic rings. The fourth-order valence-electron chi connectivity index (χ4n) is 4.94. The van der Waals surface area contributed by atoms with E-state index in [9.17, 15) is 4.79 Å². The van der Waals surface area contributed by atoms with E-state index in [-0.39, 0.29) is 24.1 Å². The number of aromatic nitrogens is 2. The van der Waals surface area contributed by atoms with Gasteiger partial charge in [-0.1, -0.05) is 6.07 Å². The molecule has 2 N–H and O–H groups in total. The first-order valence-corrected chi connectivity index (χ1v) is 12.2. The molecule has 0 radical (unpaired) electrons. The predicted molar refractivity (Wildman–Crippen MR) is 139 cm³/mol. The number of carbonyl (C=O) groups is 1. The van der Waals surface area contributed by atoms with Gasteiger partial charge in [0.1, 0.15) is 11.8 Å². The highest BCUT2D eigenvalue weighted by molar-refractivity contribution is 7.80. The smallest absolute Gasteiger partial charge is 0.221 e. The third kappa shape index (κ3) is 4.74. The van der Waals surface area contributed by atoms with Crippen LogP contribution in [0.4, 0.5) is 11.4 Å². The Kier molecular flexibility index (Phi) is 6.70. The molecule has 2 saturated heterocycles. The van der Waals surface area contributed by atoms with Crippen LogP contribution in [0.5, 0.6) is 5.75 Å². The Morgan fingerprint density at radius 2 is 2.17 bits per heavy atom. The van der Waals surface area contributed by atoms with Gasteiger partial charge in [0.25, 0.3) is 0 Å². The van der Waals surface area contributed by atoms with E-state index in [1.54, 1.807) is 13.3 Å². The summed E-state index contributed by atoms with van der Waals surface area (Å²) in [5.41, 5.74) is 3.46. The van der Waals surface area contributed by atoms with Gasteiger partial charge in [-0.3, -0.25) is 9.78 Å². The highest BCUT2D eigenvalue weighted by Crippen LogP contribution is 2.43. The molecule has 35 heavy (non-hydrogen) atoms. The fraction of sp³-hybridized carbons (Fsp3) is 0.346. The number of pyridine rings is 1. The lowest BCUT2D eigenvalue weighted by atomic mass is 10.0. The van der Waals surface area contributed by atoms with Gasteiger partial charge in [-0.25, -0.2) is 0 Å². The number of nitrogens with zero attached hydrogens (tertiary/aromatic N) is 3. The number of rotatable bonds is 7. The van der Waals surface area contributed by atoms with Gasteiger partial charge in [-0.15, -0.1) is 0 Å². The third-order valence-electron chi connectivity index (χ3n) is 6.46. The van der Waals surface area contributed by atoms with Crippen molar-refractivity contribution in [3.05, 3.63) is 72.3 Å². The van der Waals surface area contributed by atoms with Crippen LogP contribution in [0, 0.1) is 0 Å². The molecule has 2 aromatic heterocycles. The molecule has 0 aliphatic carbocycles.